The van der Waals surface area contributed by atoms with Crippen molar-refractivity contribution in [3.63, 3.8) is 0 Å². The van der Waals surface area contributed by atoms with Crippen LogP contribution >= 0.6 is 11.6 Å². The van der Waals surface area contributed by atoms with Gasteiger partial charge in [-0.25, -0.2) is 0 Å². The Morgan fingerprint density at radius 3 is 2.56 bits per heavy atom. The van der Waals surface area contributed by atoms with E-state index >= 15 is 0 Å². The Morgan fingerprint density at radius 2 is 1.85 bits per heavy atom. The molecule has 2 aromatic carbocycles. The maximum Gasteiger partial charge on any atom is 0.294 e. The van der Waals surface area contributed by atoms with Gasteiger partial charge in [0.25, 0.3) is 17.2 Å². The number of carbonyl (C=O) groups excluding carboxylic acids is 1. The third-order valence-electron chi connectivity index (χ3n) is 3.85. The Hall–Kier alpha value is -3.45. The molecule has 0 unspecified atom stereocenters. The van der Waals surface area contributed by atoms with Crippen LogP contribution in [0, 0.1) is 10.1 Å². The fraction of sp³-hybridized carbons (Fsp3) is 0.0526. The number of rotatable bonds is 5. The van der Waals surface area contributed by atoms with Crippen molar-refractivity contribution in [1.29, 1.82) is 0 Å². The molecule has 0 saturated heterocycles. The molecule has 0 saturated carbocycles. The van der Waals surface area contributed by atoms with E-state index in [0.29, 0.717) is 6.54 Å². The highest BCUT2D eigenvalue weighted by Gasteiger charge is 2.17. The van der Waals surface area contributed by atoms with Crippen molar-refractivity contribution in [3.05, 3.63) is 103 Å². The number of benzene rings is 2. The van der Waals surface area contributed by atoms with Crippen molar-refractivity contribution in [2.24, 2.45) is 0 Å². The highest BCUT2D eigenvalue weighted by Crippen LogP contribution is 2.28. The Bertz CT molecular complexity index is 1060. The predicted molar refractivity (Wildman–Crippen MR) is 102 cm³/mol. The van der Waals surface area contributed by atoms with Crippen LogP contribution in [0.1, 0.15) is 15.9 Å². The summed E-state index contributed by atoms with van der Waals surface area (Å²) in [4.78, 5) is 35.1. The van der Waals surface area contributed by atoms with Gasteiger partial charge in [-0.1, -0.05) is 41.9 Å². The molecule has 8 heteroatoms. The minimum Gasteiger partial charge on any atom is -0.316 e. The molecule has 0 aliphatic carbocycles. The van der Waals surface area contributed by atoms with E-state index < -0.39 is 10.8 Å². The summed E-state index contributed by atoms with van der Waals surface area (Å²) in [5.74, 6) is -0.567. The second kappa shape index (κ2) is 7.84. The average Bonchev–Trinajstić information content (AvgIpc) is 2.65. The number of aromatic nitrogens is 1. The molecule has 1 aromatic heterocycles. The van der Waals surface area contributed by atoms with Crippen molar-refractivity contribution in [3.8, 4) is 0 Å². The summed E-state index contributed by atoms with van der Waals surface area (Å²) >= 11 is 5.77. The summed E-state index contributed by atoms with van der Waals surface area (Å²) in [6, 6.07) is 16.0. The highest BCUT2D eigenvalue weighted by atomic mass is 35.5. The fourth-order valence-electron chi connectivity index (χ4n) is 2.53. The molecule has 7 nitrogen and oxygen atoms in total. The Labute approximate surface area is 159 Å². The smallest absolute Gasteiger partial charge is 0.294 e. The molecular formula is C19H14ClN3O4. The van der Waals surface area contributed by atoms with Crippen LogP contribution < -0.4 is 10.9 Å². The number of nitro benzene ring substituents is 1. The number of nitrogens with zero attached hydrogens (tertiary/aromatic N) is 2. The van der Waals surface area contributed by atoms with Crippen LogP contribution in [0.15, 0.2) is 71.7 Å². The lowest BCUT2D eigenvalue weighted by Crippen LogP contribution is -2.22. The van der Waals surface area contributed by atoms with Crippen LogP contribution in [0.25, 0.3) is 0 Å². The molecule has 0 bridgehead atoms. The van der Waals surface area contributed by atoms with Gasteiger partial charge in [-0.05, 0) is 23.8 Å². The second-order valence-electron chi connectivity index (χ2n) is 5.74. The monoisotopic (exact) mass is 383 g/mol. The Balaban J connectivity index is 1.87. The topological polar surface area (TPSA) is 94.2 Å². The number of pyridine rings is 1. The van der Waals surface area contributed by atoms with Crippen LogP contribution in [-0.4, -0.2) is 15.4 Å². The summed E-state index contributed by atoms with van der Waals surface area (Å²) in [5.41, 5.74) is 0.566. The molecule has 0 fully saturated rings. The normalized spacial score (nSPS) is 10.4. The molecule has 0 aliphatic heterocycles. The minimum absolute atomic E-state index is 0.0233. The maximum atomic E-state index is 12.5. The van der Waals surface area contributed by atoms with E-state index in [1.165, 1.54) is 35.0 Å². The van der Waals surface area contributed by atoms with Crippen molar-refractivity contribution < 1.29 is 9.72 Å². The lowest BCUT2D eigenvalue weighted by Gasteiger charge is -2.10. The molecule has 1 heterocycles. The van der Waals surface area contributed by atoms with Crippen molar-refractivity contribution >= 4 is 28.9 Å². The van der Waals surface area contributed by atoms with Gasteiger partial charge >= 0.3 is 0 Å². The van der Waals surface area contributed by atoms with Crippen molar-refractivity contribution in [2.45, 2.75) is 6.54 Å². The third-order valence-corrected chi connectivity index (χ3v) is 4.08. The van der Waals surface area contributed by atoms with E-state index in [4.69, 9.17) is 11.6 Å². The van der Waals surface area contributed by atoms with Crippen molar-refractivity contribution in [2.75, 3.05) is 5.32 Å². The molecule has 0 aliphatic rings. The van der Waals surface area contributed by atoms with Gasteiger partial charge in [0.1, 0.15) is 5.69 Å². The Morgan fingerprint density at radius 1 is 1.11 bits per heavy atom. The van der Waals surface area contributed by atoms with Crippen LogP contribution in [0.4, 0.5) is 11.4 Å². The first-order valence-corrected chi connectivity index (χ1v) is 8.31. The van der Waals surface area contributed by atoms with Crippen LogP contribution in [0.5, 0.6) is 0 Å². The zero-order valence-electron chi connectivity index (χ0n) is 14.0. The summed E-state index contributed by atoms with van der Waals surface area (Å²) in [7, 11) is 0. The fourth-order valence-corrected chi connectivity index (χ4v) is 2.69. The summed E-state index contributed by atoms with van der Waals surface area (Å²) in [5, 5.41) is 13.8. The standard InChI is InChI=1S/C19H14ClN3O4/c20-15-7-8-16(17(10-15)23(26)27)21-19(25)14-6-9-18(24)22(12-14)11-13-4-2-1-3-5-13/h1-10,12H,11H2,(H,21,25). The van der Waals surface area contributed by atoms with Gasteiger partial charge in [0.05, 0.1) is 17.0 Å². The van der Waals surface area contributed by atoms with Gasteiger partial charge in [-0.3, -0.25) is 19.7 Å². The van der Waals surface area contributed by atoms with Crippen LogP contribution in [-0.2, 0) is 6.54 Å². The van der Waals surface area contributed by atoms with Gasteiger partial charge in [0, 0.05) is 23.4 Å². The number of carbonyl (C=O) groups is 1. The number of hydrogen-bond donors (Lipinski definition) is 1. The van der Waals surface area contributed by atoms with E-state index in [1.807, 2.05) is 30.3 Å². The molecule has 0 radical (unpaired) electrons. The molecule has 136 valence electrons. The molecule has 1 N–H and O–H groups in total. The minimum atomic E-state index is -0.627. The summed E-state index contributed by atoms with van der Waals surface area (Å²) in [6.45, 7) is 0.307. The van der Waals surface area contributed by atoms with Crippen molar-refractivity contribution in [1.82, 2.24) is 4.57 Å². The Kier molecular flexibility index (Phi) is 5.33. The first kappa shape index (κ1) is 18.3. The molecule has 1 amide bonds. The van der Waals surface area contributed by atoms with Gasteiger partial charge in [0.2, 0.25) is 0 Å². The number of anilines is 1. The molecule has 0 atom stereocenters. The van der Waals surface area contributed by atoms with E-state index in [9.17, 15) is 19.7 Å². The van der Waals surface area contributed by atoms with Gasteiger partial charge in [-0.2, -0.15) is 0 Å². The van der Waals surface area contributed by atoms with Crippen LogP contribution in [0.2, 0.25) is 5.02 Å². The molecule has 3 aromatic rings. The van der Waals surface area contributed by atoms with E-state index in [2.05, 4.69) is 5.32 Å². The average molecular weight is 384 g/mol. The third kappa shape index (κ3) is 4.39. The molecular weight excluding hydrogens is 370 g/mol. The predicted octanol–water partition coefficient (Wildman–Crippen LogP) is 3.71. The lowest BCUT2D eigenvalue weighted by atomic mass is 10.2. The number of nitrogens with one attached hydrogen (secondary N) is 1. The number of nitro groups is 1. The molecule has 3 rings (SSSR count). The SMILES string of the molecule is O=C(Nc1ccc(Cl)cc1[N+](=O)[O-])c1ccc(=O)n(Cc2ccccc2)c1. The highest BCUT2D eigenvalue weighted by molar-refractivity contribution is 6.31. The summed E-state index contributed by atoms with van der Waals surface area (Å²) in [6.07, 6.45) is 1.42. The first-order valence-electron chi connectivity index (χ1n) is 7.94. The zero-order chi connectivity index (χ0) is 19.4. The number of halogens is 1. The first-order chi connectivity index (χ1) is 12.9. The van der Waals surface area contributed by atoms with Gasteiger partial charge < -0.3 is 9.88 Å². The number of hydrogen-bond acceptors (Lipinski definition) is 4. The zero-order valence-corrected chi connectivity index (χ0v) is 14.7. The number of amides is 1. The second-order valence-corrected chi connectivity index (χ2v) is 6.18. The quantitative estimate of drug-likeness (QED) is 0.536. The summed E-state index contributed by atoms with van der Waals surface area (Å²) < 4.78 is 1.40. The van der Waals surface area contributed by atoms with Gasteiger partial charge in [0.15, 0.2) is 0 Å². The van der Waals surface area contributed by atoms with Crippen LogP contribution in [0.3, 0.4) is 0 Å². The maximum absolute atomic E-state index is 12.5. The lowest BCUT2D eigenvalue weighted by molar-refractivity contribution is -0.383. The van der Waals surface area contributed by atoms with Gasteiger partial charge in [-0.15, -0.1) is 0 Å². The molecule has 27 heavy (non-hydrogen) atoms. The molecule has 0 spiro atoms. The largest absolute Gasteiger partial charge is 0.316 e. The van der Waals surface area contributed by atoms with E-state index in [1.54, 1.807) is 0 Å². The van der Waals surface area contributed by atoms with E-state index in [0.717, 1.165) is 11.6 Å². The van der Waals surface area contributed by atoms with E-state index in [-0.39, 0.29) is 27.5 Å².